The lowest BCUT2D eigenvalue weighted by molar-refractivity contribution is 0.338. The summed E-state index contributed by atoms with van der Waals surface area (Å²) in [6.45, 7) is 1.69. The summed E-state index contributed by atoms with van der Waals surface area (Å²) in [7, 11) is -3.76. The van der Waals surface area contributed by atoms with Gasteiger partial charge in [-0.05, 0) is 43.5 Å². The van der Waals surface area contributed by atoms with Crippen LogP contribution in [0.4, 0.5) is 0 Å². The maximum absolute atomic E-state index is 12.5. The zero-order chi connectivity index (χ0) is 15.5. The van der Waals surface area contributed by atoms with Crippen molar-refractivity contribution in [3.8, 4) is 12.1 Å². The first-order valence-electron chi connectivity index (χ1n) is 6.88. The molecule has 0 bridgehead atoms. The molecule has 0 spiro atoms. The maximum Gasteiger partial charge on any atom is 0.241 e. The molecule has 5 nitrogen and oxygen atoms in total. The Balaban J connectivity index is 2.32. The molecule has 1 aliphatic carbocycles. The molecular weight excluding hydrogens is 286 g/mol. The van der Waals surface area contributed by atoms with Gasteiger partial charge in [0.05, 0.1) is 22.6 Å². The van der Waals surface area contributed by atoms with Crippen LogP contribution in [0.15, 0.2) is 23.1 Å². The molecule has 1 N–H and O–H groups in total. The lowest BCUT2D eigenvalue weighted by atomic mass is 9.84. The van der Waals surface area contributed by atoms with Crippen LogP contribution in [-0.4, -0.2) is 14.0 Å². The van der Waals surface area contributed by atoms with Gasteiger partial charge in [-0.1, -0.05) is 19.3 Å². The summed E-state index contributed by atoms with van der Waals surface area (Å²) < 4.78 is 27.5. The molecule has 0 aromatic heterocycles. The Morgan fingerprint density at radius 3 is 2.38 bits per heavy atom. The summed E-state index contributed by atoms with van der Waals surface area (Å²) in [6, 6.07) is 8.51. The van der Waals surface area contributed by atoms with Gasteiger partial charge in [0.1, 0.15) is 5.54 Å². The van der Waals surface area contributed by atoms with Crippen molar-refractivity contribution in [1.29, 1.82) is 10.5 Å². The molecule has 6 heteroatoms. The molecule has 21 heavy (non-hydrogen) atoms. The normalized spacial score (nSPS) is 17.7. The minimum absolute atomic E-state index is 0.0965. The second-order valence-corrected chi connectivity index (χ2v) is 7.13. The number of nitrogens with zero attached hydrogens (tertiary/aromatic N) is 2. The van der Waals surface area contributed by atoms with E-state index in [9.17, 15) is 13.7 Å². The summed E-state index contributed by atoms with van der Waals surface area (Å²) in [5.41, 5.74) is 0.0513. The third-order valence-corrected chi connectivity index (χ3v) is 5.41. The van der Waals surface area contributed by atoms with Gasteiger partial charge in [-0.2, -0.15) is 15.2 Å². The molecule has 0 radical (unpaired) electrons. The van der Waals surface area contributed by atoms with Crippen molar-refractivity contribution in [3.63, 3.8) is 0 Å². The minimum Gasteiger partial charge on any atom is -0.207 e. The predicted octanol–water partition coefficient (Wildman–Crippen LogP) is 2.37. The molecule has 0 saturated heterocycles. The first kappa shape index (κ1) is 15.5. The monoisotopic (exact) mass is 303 g/mol. The van der Waals surface area contributed by atoms with Crippen molar-refractivity contribution in [2.24, 2.45) is 0 Å². The zero-order valence-electron chi connectivity index (χ0n) is 11.9. The van der Waals surface area contributed by atoms with Crippen LogP contribution in [0.2, 0.25) is 0 Å². The second-order valence-electron chi connectivity index (χ2n) is 5.45. The van der Waals surface area contributed by atoms with Crippen LogP contribution < -0.4 is 4.72 Å². The summed E-state index contributed by atoms with van der Waals surface area (Å²) in [5, 5.41) is 18.3. The van der Waals surface area contributed by atoms with Crippen LogP contribution >= 0.6 is 0 Å². The summed E-state index contributed by atoms with van der Waals surface area (Å²) in [5.74, 6) is 0. The largest absolute Gasteiger partial charge is 0.241 e. The Hall–Kier alpha value is -1.89. The summed E-state index contributed by atoms with van der Waals surface area (Å²) >= 11 is 0. The highest BCUT2D eigenvalue weighted by Crippen LogP contribution is 2.29. The van der Waals surface area contributed by atoms with Crippen molar-refractivity contribution in [3.05, 3.63) is 29.3 Å². The first-order chi connectivity index (χ1) is 9.92. The highest BCUT2D eigenvalue weighted by atomic mass is 32.2. The van der Waals surface area contributed by atoms with Crippen molar-refractivity contribution >= 4 is 10.0 Å². The average Bonchev–Trinajstić information content (AvgIpc) is 2.47. The van der Waals surface area contributed by atoms with E-state index < -0.39 is 15.6 Å². The Labute approximate surface area is 125 Å². The van der Waals surface area contributed by atoms with Crippen LogP contribution in [0.5, 0.6) is 0 Å². The minimum atomic E-state index is -3.76. The number of aryl methyl sites for hydroxylation is 1. The van der Waals surface area contributed by atoms with Crippen molar-refractivity contribution in [2.75, 3.05) is 0 Å². The van der Waals surface area contributed by atoms with E-state index in [4.69, 9.17) is 5.26 Å². The molecule has 110 valence electrons. The molecule has 0 unspecified atom stereocenters. The summed E-state index contributed by atoms with van der Waals surface area (Å²) in [4.78, 5) is 0.0965. The zero-order valence-corrected chi connectivity index (χ0v) is 12.7. The molecule has 1 aromatic carbocycles. The van der Waals surface area contributed by atoms with E-state index in [2.05, 4.69) is 10.8 Å². The van der Waals surface area contributed by atoms with Crippen LogP contribution in [0.3, 0.4) is 0 Å². The van der Waals surface area contributed by atoms with E-state index in [1.807, 2.05) is 6.07 Å². The first-order valence-corrected chi connectivity index (χ1v) is 8.37. The van der Waals surface area contributed by atoms with E-state index in [-0.39, 0.29) is 4.90 Å². The third kappa shape index (κ3) is 3.24. The number of hydrogen-bond donors (Lipinski definition) is 1. The molecule has 0 aliphatic heterocycles. The van der Waals surface area contributed by atoms with Gasteiger partial charge in [0, 0.05) is 0 Å². The van der Waals surface area contributed by atoms with Gasteiger partial charge in [-0.25, -0.2) is 8.42 Å². The number of rotatable bonds is 3. The average molecular weight is 303 g/mol. The molecular formula is C15H17N3O2S. The topological polar surface area (TPSA) is 93.8 Å². The lowest BCUT2D eigenvalue weighted by Gasteiger charge is -2.31. The maximum atomic E-state index is 12.5. The Morgan fingerprint density at radius 1 is 1.19 bits per heavy atom. The molecule has 0 heterocycles. The number of nitrogens with one attached hydrogen (secondary N) is 1. The number of sulfonamides is 1. The van der Waals surface area contributed by atoms with Gasteiger partial charge in [-0.3, -0.25) is 0 Å². The van der Waals surface area contributed by atoms with Crippen molar-refractivity contribution in [2.45, 2.75) is 49.5 Å². The van der Waals surface area contributed by atoms with Crippen LogP contribution in [0.1, 0.15) is 43.2 Å². The fraction of sp³-hybridized carbons (Fsp3) is 0.467. The predicted molar refractivity (Wildman–Crippen MR) is 77.6 cm³/mol. The Bertz CT molecular complexity index is 720. The van der Waals surface area contributed by atoms with Gasteiger partial charge in [0.15, 0.2) is 0 Å². The quantitative estimate of drug-likeness (QED) is 0.927. The molecule has 2 rings (SSSR count). The lowest BCUT2D eigenvalue weighted by Crippen LogP contribution is -2.48. The molecule has 1 fully saturated rings. The SMILES string of the molecule is Cc1cc(S(=O)(=O)NC2(C#N)CCCCC2)ccc1C#N. The highest BCUT2D eigenvalue weighted by Gasteiger charge is 2.36. The third-order valence-electron chi connectivity index (χ3n) is 3.88. The fourth-order valence-electron chi connectivity index (χ4n) is 2.64. The van der Waals surface area contributed by atoms with E-state index in [1.54, 1.807) is 6.92 Å². The van der Waals surface area contributed by atoms with Crippen LogP contribution in [-0.2, 0) is 10.0 Å². The number of nitriles is 2. The molecule has 1 aromatic rings. The number of benzene rings is 1. The van der Waals surface area contributed by atoms with Crippen molar-refractivity contribution < 1.29 is 8.42 Å². The Morgan fingerprint density at radius 2 is 1.86 bits per heavy atom. The van der Waals surface area contributed by atoms with E-state index in [1.165, 1.54) is 18.2 Å². The van der Waals surface area contributed by atoms with Crippen molar-refractivity contribution in [1.82, 2.24) is 4.72 Å². The number of hydrogen-bond acceptors (Lipinski definition) is 4. The highest BCUT2D eigenvalue weighted by molar-refractivity contribution is 7.89. The molecule has 0 amide bonds. The van der Waals surface area contributed by atoms with Gasteiger partial charge in [0.25, 0.3) is 0 Å². The molecule has 1 aliphatic rings. The van der Waals surface area contributed by atoms with Crippen LogP contribution in [0.25, 0.3) is 0 Å². The van der Waals surface area contributed by atoms with Gasteiger partial charge in [-0.15, -0.1) is 0 Å². The fourth-order valence-corrected chi connectivity index (χ4v) is 4.10. The molecule has 0 atom stereocenters. The molecule has 1 saturated carbocycles. The smallest absolute Gasteiger partial charge is 0.207 e. The van der Waals surface area contributed by atoms with E-state index in [0.29, 0.717) is 24.0 Å². The van der Waals surface area contributed by atoms with Gasteiger partial charge >= 0.3 is 0 Å². The van der Waals surface area contributed by atoms with Gasteiger partial charge < -0.3 is 0 Å². The van der Waals surface area contributed by atoms with E-state index >= 15 is 0 Å². The van der Waals surface area contributed by atoms with Gasteiger partial charge in [0.2, 0.25) is 10.0 Å². The van der Waals surface area contributed by atoms with E-state index in [0.717, 1.165) is 19.3 Å². The second kappa shape index (κ2) is 5.85. The Kier molecular flexibility index (Phi) is 4.32. The standard InChI is InChI=1S/C15H17N3O2S/c1-12-9-14(6-5-13(12)10-16)21(19,20)18-15(11-17)7-3-2-4-8-15/h5-6,9,18H,2-4,7-8H2,1H3. The summed E-state index contributed by atoms with van der Waals surface area (Å²) in [6.07, 6.45) is 3.81. The van der Waals surface area contributed by atoms with Crippen LogP contribution in [0, 0.1) is 29.6 Å².